The number of ether oxygens (including phenoxy) is 2. The number of esters is 1. The molecule has 0 aliphatic carbocycles. The van der Waals surface area contributed by atoms with E-state index in [-0.39, 0.29) is 16.4 Å². The maximum Gasteiger partial charge on any atom is 0.347 e. The molecule has 1 N–H and O–H groups in total. The lowest BCUT2D eigenvalue weighted by molar-refractivity contribution is -0.384. The Labute approximate surface area is 153 Å². The van der Waals surface area contributed by atoms with Crippen LogP contribution in [0.25, 0.3) is 0 Å². The molecule has 26 heavy (non-hydrogen) atoms. The summed E-state index contributed by atoms with van der Waals surface area (Å²) in [5.74, 6) is -0.848. The molecule has 2 aromatic carbocycles. The minimum atomic E-state index is -0.895. The molecule has 2 rings (SSSR count). The van der Waals surface area contributed by atoms with E-state index >= 15 is 0 Å². The van der Waals surface area contributed by atoms with Crippen LogP contribution in [-0.4, -0.2) is 29.5 Å². The van der Waals surface area contributed by atoms with Crippen LogP contribution in [0.1, 0.15) is 6.92 Å². The van der Waals surface area contributed by atoms with Crippen LogP contribution < -0.4 is 10.1 Å². The average molecular weight is 379 g/mol. The molecule has 136 valence electrons. The maximum absolute atomic E-state index is 11.9. The van der Waals surface area contributed by atoms with Gasteiger partial charge in [-0.1, -0.05) is 29.8 Å². The average Bonchev–Trinajstić information content (AvgIpc) is 2.62. The number of nitrogens with one attached hydrogen (secondary N) is 1. The lowest BCUT2D eigenvalue weighted by atomic mass is 10.3. The van der Waals surface area contributed by atoms with Crippen molar-refractivity contribution in [3.8, 4) is 5.75 Å². The topological polar surface area (TPSA) is 108 Å². The number of amides is 1. The van der Waals surface area contributed by atoms with Crippen LogP contribution >= 0.6 is 11.6 Å². The molecule has 0 spiro atoms. The van der Waals surface area contributed by atoms with Crippen molar-refractivity contribution in [2.24, 2.45) is 0 Å². The van der Waals surface area contributed by atoms with Crippen molar-refractivity contribution in [1.29, 1.82) is 0 Å². The van der Waals surface area contributed by atoms with Crippen LogP contribution in [0.15, 0.2) is 48.5 Å². The van der Waals surface area contributed by atoms with Crippen molar-refractivity contribution < 1.29 is 24.0 Å². The van der Waals surface area contributed by atoms with E-state index < -0.39 is 29.5 Å². The number of rotatable bonds is 7. The molecule has 9 heteroatoms. The van der Waals surface area contributed by atoms with Gasteiger partial charge >= 0.3 is 5.97 Å². The highest BCUT2D eigenvalue weighted by Crippen LogP contribution is 2.26. The number of halogens is 1. The molecule has 0 aliphatic rings. The number of benzene rings is 2. The van der Waals surface area contributed by atoms with Crippen LogP contribution in [-0.2, 0) is 14.3 Å². The number of anilines is 1. The molecule has 0 aliphatic heterocycles. The first-order valence-corrected chi connectivity index (χ1v) is 7.86. The summed E-state index contributed by atoms with van der Waals surface area (Å²) in [7, 11) is 0. The Morgan fingerprint density at radius 2 is 1.92 bits per heavy atom. The highest BCUT2D eigenvalue weighted by molar-refractivity contribution is 6.34. The predicted molar refractivity (Wildman–Crippen MR) is 94.2 cm³/mol. The standard InChI is InChI=1S/C17H15ClN2O6/c1-11(26-13-5-3-2-4-6-13)17(22)25-10-16(21)19-15-8-7-12(20(23)24)9-14(15)18/h2-9,11H,10H2,1H3,(H,19,21)/t11-/m1/s1. The Bertz CT molecular complexity index is 812. The number of nitro benzene ring substituents is 1. The lowest BCUT2D eigenvalue weighted by Gasteiger charge is -2.14. The number of hydrogen-bond acceptors (Lipinski definition) is 6. The summed E-state index contributed by atoms with van der Waals surface area (Å²) in [4.78, 5) is 33.8. The van der Waals surface area contributed by atoms with Gasteiger partial charge in [0.25, 0.3) is 11.6 Å². The summed E-state index contributed by atoms with van der Waals surface area (Å²) in [6.45, 7) is 0.953. The summed E-state index contributed by atoms with van der Waals surface area (Å²) in [5, 5.41) is 13.1. The molecular weight excluding hydrogens is 364 g/mol. The zero-order valence-electron chi connectivity index (χ0n) is 13.7. The number of non-ortho nitro benzene ring substituents is 1. The van der Waals surface area contributed by atoms with Gasteiger partial charge in [-0.3, -0.25) is 14.9 Å². The largest absolute Gasteiger partial charge is 0.479 e. The maximum atomic E-state index is 11.9. The summed E-state index contributed by atoms with van der Waals surface area (Å²) in [6, 6.07) is 12.3. The van der Waals surface area contributed by atoms with Gasteiger partial charge in [-0.2, -0.15) is 0 Å². The number of nitro groups is 1. The van der Waals surface area contributed by atoms with Crippen molar-refractivity contribution in [1.82, 2.24) is 0 Å². The summed E-state index contributed by atoms with van der Waals surface area (Å²) >= 11 is 5.87. The quantitative estimate of drug-likeness (QED) is 0.450. The molecule has 0 bridgehead atoms. The van der Waals surface area contributed by atoms with E-state index in [1.54, 1.807) is 24.3 Å². The Kier molecular flexibility index (Phi) is 6.51. The lowest BCUT2D eigenvalue weighted by Crippen LogP contribution is -2.29. The molecule has 0 unspecified atom stereocenters. The van der Waals surface area contributed by atoms with Gasteiger partial charge in [0, 0.05) is 12.1 Å². The van der Waals surface area contributed by atoms with E-state index in [9.17, 15) is 19.7 Å². The fourth-order valence-electron chi connectivity index (χ4n) is 1.91. The van der Waals surface area contributed by atoms with E-state index in [2.05, 4.69) is 5.32 Å². The molecule has 0 fully saturated rings. The second-order valence-electron chi connectivity index (χ2n) is 5.15. The minimum absolute atomic E-state index is 0.000319. The van der Waals surface area contributed by atoms with Crippen molar-refractivity contribution in [2.45, 2.75) is 13.0 Å². The Balaban J connectivity index is 1.84. The van der Waals surface area contributed by atoms with Crippen LogP contribution in [0.4, 0.5) is 11.4 Å². The van der Waals surface area contributed by atoms with Crippen LogP contribution in [0.5, 0.6) is 5.75 Å². The minimum Gasteiger partial charge on any atom is -0.479 e. The number of carbonyl (C=O) groups is 2. The Morgan fingerprint density at radius 3 is 2.54 bits per heavy atom. The highest BCUT2D eigenvalue weighted by atomic mass is 35.5. The van der Waals surface area contributed by atoms with E-state index in [4.69, 9.17) is 21.1 Å². The molecule has 0 heterocycles. The Morgan fingerprint density at radius 1 is 1.23 bits per heavy atom. The molecule has 0 radical (unpaired) electrons. The van der Waals surface area contributed by atoms with Gasteiger partial charge in [-0.15, -0.1) is 0 Å². The van der Waals surface area contributed by atoms with Crippen molar-refractivity contribution >= 4 is 34.9 Å². The monoisotopic (exact) mass is 378 g/mol. The van der Waals surface area contributed by atoms with Gasteiger partial charge < -0.3 is 14.8 Å². The zero-order chi connectivity index (χ0) is 19.1. The van der Waals surface area contributed by atoms with E-state index in [1.807, 2.05) is 6.07 Å². The third-order valence-corrected chi connectivity index (χ3v) is 3.48. The molecule has 2 aromatic rings. The van der Waals surface area contributed by atoms with Gasteiger partial charge in [0.1, 0.15) is 5.75 Å². The van der Waals surface area contributed by atoms with Crippen LogP contribution in [0.3, 0.4) is 0 Å². The van der Waals surface area contributed by atoms with Gasteiger partial charge in [0.2, 0.25) is 0 Å². The molecular formula is C17H15ClN2O6. The number of para-hydroxylation sites is 1. The first-order valence-electron chi connectivity index (χ1n) is 7.49. The van der Waals surface area contributed by atoms with E-state index in [0.29, 0.717) is 5.75 Å². The normalized spacial score (nSPS) is 11.3. The van der Waals surface area contributed by atoms with E-state index in [1.165, 1.54) is 19.1 Å². The molecule has 1 atom stereocenters. The van der Waals surface area contributed by atoms with Crippen molar-refractivity contribution in [3.63, 3.8) is 0 Å². The first-order chi connectivity index (χ1) is 12.4. The van der Waals surface area contributed by atoms with E-state index in [0.717, 1.165) is 6.07 Å². The number of nitrogens with zero attached hydrogens (tertiary/aromatic N) is 1. The fourth-order valence-corrected chi connectivity index (χ4v) is 2.13. The molecule has 0 saturated heterocycles. The summed E-state index contributed by atoms with van der Waals surface area (Å²) in [5.41, 5.74) is -0.0294. The zero-order valence-corrected chi connectivity index (χ0v) is 14.4. The van der Waals surface area contributed by atoms with Crippen LogP contribution in [0.2, 0.25) is 5.02 Å². The summed E-state index contributed by atoms with van der Waals surface area (Å²) in [6.07, 6.45) is -0.895. The first kappa shape index (κ1) is 19.2. The van der Waals surface area contributed by atoms with Crippen molar-refractivity contribution in [2.75, 3.05) is 11.9 Å². The summed E-state index contributed by atoms with van der Waals surface area (Å²) < 4.78 is 10.3. The van der Waals surface area contributed by atoms with Crippen LogP contribution in [0, 0.1) is 10.1 Å². The second kappa shape index (κ2) is 8.82. The number of hydrogen-bond donors (Lipinski definition) is 1. The Hall–Kier alpha value is -3.13. The molecule has 0 saturated carbocycles. The van der Waals surface area contributed by atoms with Gasteiger partial charge in [-0.05, 0) is 25.1 Å². The molecule has 1 amide bonds. The third kappa shape index (κ3) is 5.45. The third-order valence-electron chi connectivity index (χ3n) is 3.17. The number of carbonyl (C=O) groups excluding carboxylic acids is 2. The SMILES string of the molecule is C[C@@H](Oc1ccccc1)C(=O)OCC(=O)Nc1ccc([N+](=O)[O-])cc1Cl. The van der Waals surface area contributed by atoms with Gasteiger partial charge in [0.15, 0.2) is 12.7 Å². The van der Waals surface area contributed by atoms with Gasteiger partial charge in [-0.25, -0.2) is 4.79 Å². The predicted octanol–water partition coefficient (Wildman–Crippen LogP) is 3.20. The van der Waals surface area contributed by atoms with Crippen molar-refractivity contribution in [3.05, 3.63) is 63.7 Å². The smallest absolute Gasteiger partial charge is 0.347 e. The molecule has 8 nitrogen and oxygen atoms in total. The van der Waals surface area contributed by atoms with Gasteiger partial charge in [0.05, 0.1) is 15.6 Å². The fraction of sp³-hybridized carbons (Fsp3) is 0.176. The highest BCUT2D eigenvalue weighted by Gasteiger charge is 2.18. The second-order valence-corrected chi connectivity index (χ2v) is 5.56. The molecule has 0 aromatic heterocycles.